The van der Waals surface area contributed by atoms with Gasteiger partial charge in [-0.3, -0.25) is 0 Å². The van der Waals surface area contributed by atoms with Gasteiger partial charge in [0, 0.05) is 28.7 Å². The fourth-order valence-electron chi connectivity index (χ4n) is 0.247. The Morgan fingerprint density at radius 3 is 1.80 bits per heavy atom. The number of hydrogen-bond donors (Lipinski definition) is 2. The maximum atomic E-state index is 9.90. The predicted octanol–water partition coefficient (Wildman–Crippen LogP) is 0.0994. The van der Waals surface area contributed by atoms with E-state index in [0.29, 0.717) is 6.08 Å². The summed E-state index contributed by atoms with van der Waals surface area (Å²) in [6, 6.07) is 0. The Morgan fingerprint density at radius 2 is 1.70 bits per heavy atom. The van der Waals surface area contributed by atoms with E-state index in [1.807, 2.05) is 0 Å². The van der Waals surface area contributed by atoms with Crippen LogP contribution in [-0.2, 0) is 26.7 Å². The van der Waals surface area contributed by atoms with Crippen LogP contribution in [0.4, 0.5) is 0 Å². The van der Waals surface area contributed by atoms with Gasteiger partial charge in [-0.1, -0.05) is 0 Å². The number of hydrogen-bond acceptors (Lipinski definition) is 2. The fraction of sp³-hybridized carbons (Fsp3) is 0.200. The summed E-state index contributed by atoms with van der Waals surface area (Å²) in [7, 11) is 0. The molecule has 0 aliphatic heterocycles. The molecule has 5 heteroatoms. The van der Waals surface area contributed by atoms with E-state index in [0.717, 1.165) is 0 Å². The van der Waals surface area contributed by atoms with Gasteiger partial charge in [-0.2, -0.15) is 0 Å². The second-order valence-electron chi connectivity index (χ2n) is 1.47. The maximum Gasteiger partial charge on any atom is 0.331 e. The fourth-order valence-corrected chi connectivity index (χ4v) is 0.247. The molecule has 0 unspecified atom stereocenters. The van der Waals surface area contributed by atoms with Crippen molar-refractivity contribution in [2.24, 2.45) is 0 Å². The van der Waals surface area contributed by atoms with Crippen molar-refractivity contribution in [1.29, 1.82) is 0 Å². The number of rotatable bonds is 2. The monoisotopic (exact) mass is 186 g/mol. The minimum Gasteiger partial charge on any atom is -0.478 e. The molecule has 0 saturated heterocycles. The van der Waals surface area contributed by atoms with Gasteiger partial charge in [0.25, 0.3) is 0 Å². The van der Waals surface area contributed by atoms with Crippen LogP contribution in [0.2, 0.25) is 0 Å². The van der Waals surface area contributed by atoms with E-state index in [-0.39, 0.29) is 22.6 Å². The van der Waals surface area contributed by atoms with Crippen LogP contribution in [0.5, 0.6) is 0 Å². The van der Waals surface area contributed by atoms with Crippen molar-refractivity contribution < 1.29 is 36.9 Å². The summed E-state index contributed by atoms with van der Waals surface area (Å²) in [5.74, 6) is -2.45. The Hall–Kier alpha value is -0.801. The summed E-state index contributed by atoms with van der Waals surface area (Å²) in [5.41, 5.74) is -0.178. The van der Waals surface area contributed by atoms with Crippen LogP contribution in [0, 0.1) is 0 Å². The van der Waals surface area contributed by atoms with Gasteiger partial charge in [0.15, 0.2) is 0 Å². The molecule has 0 bridgehead atoms. The quantitative estimate of drug-likeness (QED) is 0.473. The van der Waals surface area contributed by atoms with Crippen LogP contribution in [0.1, 0.15) is 6.92 Å². The van der Waals surface area contributed by atoms with E-state index < -0.39 is 11.9 Å². The molecular formula is C5H6FeO4. The van der Waals surface area contributed by atoms with Gasteiger partial charge in [0.1, 0.15) is 0 Å². The largest absolute Gasteiger partial charge is 0.478 e. The Balaban J connectivity index is 0. The standard InChI is InChI=1S/C5H6O4.Fe/c1-3(5(8)9)2-4(6)7;/h2H,1H3,(H,6,7)(H,8,9);/b3-2+;. The van der Waals surface area contributed by atoms with E-state index in [4.69, 9.17) is 10.2 Å². The van der Waals surface area contributed by atoms with Gasteiger partial charge < -0.3 is 10.2 Å². The first kappa shape index (κ1) is 11.9. The zero-order chi connectivity index (χ0) is 7.44. The number of aliphatic carboxylic acids is 2. The van der Waals surface area contributed by atoms with E-state index in [2.05, 4.69) is 0 Å². The number of carboxylic acids is 2. The Morgan fingerprint density at radius 1 is 1.30 bits per heavy atom. The van der Waals surface area contributed by atoms with E-state index in [9.17, 15) is 9.59 Å². The van der Waals surface area contributed by atoms with Crippen LogP contribution in [0.15, 0.2) is 11.6 Å². The van der Waals surface area contributed by atoms with Crippen LogP contribution in [0.25, 0.3) is 0 Å². The molecule has 0 aromatic carbocycles. The summed E-state index contributed by atoms with van der Waals surface area (Å²) in [6.07, 6.45) is 0.641. The average Bonchev–Trinajstić information content (AvgIpc) is 1.63. The smallest absolute Gasteiger partial charge is 0.331 e. The van der Waals surface area contributed by atoms with Gasteiger partial charge in [0.05, 0.1) is 0 Å². The molecule has 0 saturated carbocycles. The number of carboxylic acid groups (broad SMARTS) is 2. The summed E-state index contributed by atoms with van der Waals surface area (Å²) in [4.78, 5) is 19.7. The molecule has 0 aromatic rings. The molecular weight excluding hydrogens is 180 g/mol. The van der Waals surface area contributed by atoms with Gasteiger partial charge in [-0.05, 0) is 6.92 Å². The van der Waals surface area contributed by atoms with E-state index in [1.54, 1.807) is 0 Å². The van der Waals surface area contributed by atoms with Gasteiger partial charge in [-0.15, -0.1) is 0 Å². The SMILES string of the molecule is C/C(=C\C(=O)O)C(=O)O.[Fe]. The molecule has 58 valence electrons. The molecule has 0 heterocycles. The molecule has 10 heavy (non-hydrogen) atoms. The maximum absolute atomic E-state index is 9.90. The van der Waals surface area contributed by atoms with E-state index >= 15 is 0 Å². The Bertz CT molecular complexity index is 172. The second-order valence-corrected chi connectivity index (χ2v) is 1.47. The molecule has 0 spiro atoms. The molecule has 0 fully saturated rings. The summed E-state index contributed by atoms with van der Waals surface area (Å²) in [5, 5.41) is 16.1. The third kappa shape index (κ3) is 5.34. The molecule has 4 nitrogen and oxygen atoms in total. The number of carbonyl (C=O) groups is 2. The van der Waals surface area contributed by atoms with Crippen molar-refractivity contribution in [3.63, 3.8) is 0 Å². The summed E-state index contributed by atoms with van der Waals surface area (Å²) in [6.45, 7) is 1.22. The minimum atomic E-state index is -1.24. The first-order chi connectivity index (χ1) is 4.04. The van der Waals surface area contributed by atoms with E-state index in [1.165, 1.54) is 6.92 Å². The molecule has 0 rings (SSSR count). The normalized spacial score (nSPS) is 9.90. The third-order valence-electron chi connectivity index (χ3n) is 0.677. The average molecular weight is 186 g/mol. The van der Waals surface area contributed by atoms with Crippen LogP contribution < -0.4 is 0 Å². The van der Waals surface area contributed by atoms with Crippen molar-refractivity contribution >= 4 is 11.9 Å². The molecule has 0 atom stereocenters. The van der Waals surface area contributed by atoms with Crippen molar-refractivity contribution in [1.82, 2.24) is 0 Å². The van der Waals surface area contributed by atoms with Crippen molar-refractivity contribution in [3.05, 3.63) is 11.6 Å². The molecule has 0 aliphatic carbocycles. The Kier molecular flexibility index (Phi) is 5.99. The van der Waals surface area contributed by atoms with Crippen LogP contribution in [0.3, 0.4) is 0 Å². The van der Waals surface area contributed by atoms with Crippen LogP contribution in [-0.4, -0.2) is 22.2 Å². The van der Waals surface area contributed by atoms with Gasteiger partial charge in [0.2, 0.25) is 0 Å². The molecule has 0 aromatic heterocycles. The second kappa shape index (κ2) is 5.02. The van der Waals surface area contributed by atoms with Crippen molar-refractivity contribution in [3.8, 4) is 0 Å². The molecule has 0 amide bonds. The zero-order valence-electron chi connectivity index (χ0n) is 5.14. The zero-order valence-corrected chi connectivity index (χ0v) is 6.25. The van der Waals surface area contributed by atoms with Crippen molar-refractivity contribution in [2.45, 2.75) is 6.92 Å². The first-order valence-corrected chi connectivity index (χ1v) is 2.18. The van der Waals surface area contributed by atoms with Crippen molar-refractivity contribution in [2.75, 3.05) is 0 Å². The first-order valence-electron chi connectivity index (χ1n) is 2.18. The molecule has 0 aliphatic rings. The Labute approximate surface area is 68.0 Å². The molecule has 0 radical (unpaired) electrons. The predicted molar refractivity (Wildman–Crippen MR) is 29.0 cm³/mol. The molecule has 2 N–H and O–H groups in total. The van der Waals surface area contributed by atoms with Gasteiger partial charge in [-0.25, -0.2) is 9.59 Å². The van der Waals surface area contributed by atoms with Gasteiger partial charge >= 0.3 is 11.9 Å². The van der Waals surface area contributed by atoms with Crippen LogP contribution >= 0.6 is 0 Å². The minimum absolute atomic E-state index is 0. The third-order valence-corrected chi connectivity index (χ3v) is 0.677. The topological polar surface area (TPSA) is 74.6 Å². The summed E-state index contributed by atoms with van der Waals surface area (Å²) < 4.78 is 0. The summed E-state index contributed by atoms with van der Waals surface area (Å²) >= 11 is 0.